The lowest BCUT2D eigenvalue weighted by atomic mass is 9.89. The number of pyridine rings is 1. The van der Waals surface area contributed by atoms with Gasteiger partial charge in [0.15, 0.2) is 23.6 Å². The van der Waals surface area contributed by atoms with Crippen LogP contribution in [-0.2, 0) is 81.6 Å². The molecule has 104 heavy (non-hydrogen) atoms. The fraction of sp³-hybridized carbons (Fsp3) is 0.423. The van der Waals surface area contributed by atoms with E-state index in [1.807, 2.05) is 6.92 Å². The number of carbonyl (C=O) groups is 14. The highest BCUT2D eigenvalue weighted by molar-refractivity contribution is 8.76. The fourth-order valence-electron chi connectivity index (χ4n) is 11.3. The first-order valence-electron chi connectivity index (χ1n) is 33.5. The number of rotatable bonds is 47. The first kappa shape index (κ1) is 82.4. The van der Waals surface area contributed by atoms with Crippen molar-refractivity contribution in [2.75, 3.05) is 37.7 Å². The molecule has 4 aromatic carbocycles. The number of aliphatic carboxylic acids is 4. The van der Waals surface area contributed by atoms with E-state index < -0.39 is 151 Å². The third-order valence-corrected chi connectivity index (χ3v) is 19.1. The Bertz CT molecular complexity index is 3980. The smallest absolute Gasteiger partial charge is 0.407 e. The van der Waals surface area contributed by atoms with Crippen LogP contribution in [0.3, 0.4) is 0 Å². The van der Waals surface area contributed by atoms with E-state index in [2.05, 4.69) is 42.0 Å². The molecule has 33 heteroatoms. The lowest BCUT2D eigenvalue weighted by Gasteiger charge is -2.23. The minimum atomic E-state index is -1.73. The molecule has 5 aromatic rings. The second-order valence-electron chi connectivity index (χ2n) is 24.6. The zero-order chi connectivity index (χ0) is 75.8. The van der Waals surface area contributed by atoms with Gasteiger partial charge in [-0.25, -0.2) is 18.8 Å². The molecule has 0 saturated heterocycles. The Hall–Kier alpha value is -10.5. The number of fused-ring (bicyclic) bond motifs is 5. The first-order valence-corrected chi connectivity index (χ1v) is 36.0. The molecule has 1 aliphatic rings. The Morgan fingerprint density at radius 2 is 1.28 bits per heavy atom. The molecule has 0 fully saturated rings. The fourth-order valence-corrected chi connectivity index (χ4v) is 13.4. The Morgan fingerprint density at radius 1 is 0.606 bits per heavy atom. The molecular weight excluding hydrogens is 1400 g/mol. The molecule has 0 radical (unpaired) electrons. The molecule has 7 atom stereocenters. The highest BCUT2D eigenvalue weighted by Crippen LogP contribution is 2.40. The second-order valence-corrected chi connectivity index (χ2v) is 27.2. The summed E-state index contributed by atoms with van der Waals surface area (Å²) in [5.41, 5.74) is 9.24. The molecule has 1 aromatic heterocycles. The van der Waals surface area contributed by atoms with Crippen LogP contribution in [-0.4, -0.2) is 177 Å². The number of halogens is 1. The monoisotopic (exact) mass is 1480 g/mol. The number of nitrogens with zero attached hydrogens (tertiary/aromatic N) is 1. The van der Waals surface area contributed by atoms with Gasteiger partial charge in [-0.1, -0.05) is 113 Å². The van der Waals surface area contributed by atoms with E-state index in [9.17, 15) is 91.6 Å². The van der Waals surface area contributed by atoms with Crippen LogP contribution >= 0.6 is 21.6 Å². The maximum atomic E-state index is 14.3. The Morgan fingerprint density at radius 3 is 1.95 bits per heavy atom. The number of ketones is 3. The standard InChI is InChI=1S/C71H84FN9O21S2/c1-41-18-20-47-50(31-41)67(94)81(63-48-21-19-46(72)36-49(48)64(91)62(47)63)28-12-27-75-71(100)101-29-30-103-104-39-45(68(95)96)35-56(84)54(37-61(89)90)78-66(93)51(73)38-76-65(92)44(32-42-13-6-4-7-14-42)34-55(83)53(33-43-15-8-5-9-16-43)77-58(86)17-10-2-3-11-26-74-57(85)23-22-52(69(97)98)79-70(99)80-59(102-40-82)24-25-60(87)88/h4-9,13-16,18-21,31,36,40,44-45,51-54,59H,2-3,10-12,17,22-30,32-35,37-39,73H2,1H3,(H,74,85)(H,75,100)(H,76,92)(H,77,86)(H,78,93)(H,87,88)(H,89,90)(H,95,96)(H,97,98)(H2,79,80,99)/t44-,45+,51-,52+,53-,54-,59-/m0/s1. The number of ether oxygens (including phenoxy) is 2. The number of hydrogen-bond acceptors (Lipinski definition) is 20. The van der Waals surface area contributed by atoms with Crippen LogP contribution in [0, 0.1) is 24.6 Å². The van der Waals surface area contributed by atoms with Crippen LogP contribution in [0.15, 0.2) is 102 Å². The van der Waals surface area contributed by atoms with Crippen molar-refractivity contribution in [3.63, 3.8) is 0 Å². The highest BCUT2D eigenvalue weighted by atomic mass is 33.1. The molecular formula is C71H84FN9O21S2. The number of hydrogen-bond donors (Lipinski definition) is 12. The number of aromatic nitrogens is 1. The van der Waals surface area contributed by atoms with E-state index in [4.69, 9.17) is 15.6 Å². The number of carbonyl (C=O) groups excluding carboxylic acids is 10. The number of amides is 7. The average Bonchev–Trinajstić information content (AvgIpc) is 1.54. The lowest BCUT2D eigenvalue weighted by molar-refractivity contribution is -0.144. The molecule has 1 heterocycles. The van der Waals surface area contributed by atoms with Crippen molar-refractivity contribution < 1.29 is 101 Å². The van der Waals surface area contributed by atoms with Crippen molar-refractivity contribution in [2.24, 2.45) is 17.6 Å². The van der Waals surface area contributed by atoms with E-state index in [-0.39, 0.29) is 107 Å². The van der Waals surface area contributed by atoms with Crippen molar-refractivity contribution in [2.45, 2.75) is 140 Å². The quantitative estimate of drug-likeness (QED) is 0.0106. The normalized spacial score (nSPS) is 13.4. The van der Waals surface area contributed by atoms with Gasteiger partial charge in [-0.3, -0.25) is 57.5 Å². The maximum Gasteiger partial charge on any atom is 0.407 e. The van der Waals surface area contributed by atoms with Gasteiger partial charge in [0.05, 0.1) is 42.1 Å². The van der Waals surface area contributed by atoms with Gasteiger partial charge in [-0.2, -0.15) is 0 Å². The molecule has 30 nitrogen and oxygen atoms in total. The topological polar surface area (TPSA) is 471 Å². The van der Waals surface area contributed by atoms with Gasteiger partial charge in [0, 0.05) is 97.6 Å². The number of aryl methyl sites for hydroxylation is 1. The zero-order valence-electron chi connectivity index (χ0n) is 56.9. The molecule has 1 aliphatic carbocycles. The molecule has 0 spiro atoms. The summed E-state index contributed by atoms with van der Waals surface area (Å²) in [7, 11) is 2.16. The number of carboxylic acid groups (broad SMARTS) is 4. The maximum absolute atomic E-state index is 14.3. The van der Waals surface area contributed by atoms with E-state index >= 15 is 0 Å². The second kappa shape index (κ2) is 42.1. The summed E-state index contributed by atoms with van der Waals surface area (Å²) in [6, 6.07) is 19.5. The van der Waals surface area contributed by atoms with Crippen molar-refractivity contribution in [3.8, 4) is 11.3 Å². The summed E-state index contributed by atoms with van der Waals surface area (Å²) in [6.45, 7) is 1.51. The number of unbranched alkanes of at least 4 members (excludes halogenated alkanes) is 3. The van der Waals surface area contributed by atoms with Gasteiger partial charge < -0.3 is 77.4 Å². The van der Waals surface area contributed by atoms with Crippen LogP contribution in [0.4, 0.5) is 14.0 Å². The van der Waals surface area contributed by atoms with E-state index in [1.54, 1.807) is 78.9 Å². The van der Waals surface area contributed by atoms with E-state index in [0.717, 1.165) is 33.2 Å². The summed E-state index contributed by atoms with van der Waals surface area (Å²) >= 11 is 0. The predicted octanol–water partition coefficient (Wildman–Crippen LogP) is 4.73. The number of urea groups is 1. The Kier molecular flexibility index (Phi) is 33.4. The number of Topliss-reactive ketones (excluding diaryl/α,β-unsaturated/α-hetero) is 2. The first-order chi connectivity index (χ1) is 49.7. The highest BCUT2D eigenvalue weighted by Gasteiger charge is 2.35. The summed E-state index contributed by atoms with van der Waals surface area (Å²) in [6.07, 6.45) is -3.15. The zero-order valence-corrected chi connectivity index (χ0v) is 58.5. The molecule has 0 saturated carbocycles. The van der Waals surface area contributed by atoms with Crippen molar-refractivity contribution in [1.29, 1.82) is 0 Å². The van der Waals surface area contributed by atoms with Gasteiger partial charge in [0.25, 0.3) is 12.0 Å². The minimum absolute atomic E-state index is 0.00634. The van der Waals surface area contributed by atoms with Gasteiger partial charge in [0.1, 0.15) is 24.5 Å². The van der Waals surface area contributed by atoms with E-state index in [1.165, 1.54) is 16.7 Å². The number of nitrogens with one attached hydrogen (secondary N) is 7. The molecule has 0 unspecified atom stereocenters. The van der Waals surface area contributed by atoms with Crippen LogP contribution in [0.25, 0.3) is 22.0 Å². The SMILES string of the molecule is Cc1ccc2c3c(n(CCCNC(=O)OCCSSC[C@@H](CC(=O)[C@H](CC(=O)O)NC(=O)[C@@H](N)CNC(=O)[C@H](CC(=O)[C@H](Cc4ccccc4)NC(=O)CCCCCCNC(=O)CC[C@@H](NC(=O)N[C@H](CCC(=O)O)OC=O)C(=O)O)Cc4ccccc4)C(=O)O)c(=O)c2c1)-c1ccc(F)cc1C3=O. The average molecular weight is 1480 g/mol. The van der Waals surface area contributed by atoms with Crippen molar-refractivity contribution >= 4 is 116 Å². The molecule has 0 bridgehead atoms. The third kappa shape index (κ3) is 26.7. The van der Waals surface area contributed by atoms with E-state index in [0.29, 0.717) is 64.4 Å². The Balaban J connectivity index is 0.926. The van der Waals surface area contributed by atoms with Gasteiger partial charge in [-0.05, 0) is 80.8 Å². The van der Waals surface area contributed by atoms with Gasteiger partial charge >= 0.3 is 36.0 Å². The summed E-state index contributed by atoms with van der Waals surface area (Å²) in [5.74, 6) is -13.1. The minimum Gasteiger partial charge on any atom is -0.481 e. The van der Waals surface area contributed by atoms with Crippen LogP contribution in [0.5, 0.6) is 0 Å². The summed E-state index contributed by atoms with van der Waals surface area (Å²) in [5, 5.41) is 56.2. The van der Waals surface area contributed by atoms with Crippen LogP contribution < -0.4 is 48.5 Å². The van der Waals surface area contributed by atoms with Crippen LogP contribution in [0.2, 0.25) is 0 Å². The largest absolute Gasteiger partial charge is 0.481 e. The number of nitrogens with two attached hydrogens (primary N) is 1. The molecule has 7 amide bonds. The Labute approximate surface area is 604 Å². The number of carboxylic acids is 4. The van der Waals surface area contributed by atoms with Crippen molar-refractivity contribution in [3.05, 3.63) is 141 Å². The number of benzene rings is 4. The number of alkyl carbamates (subject to hydrolysis) is 1. The lowest BCUT2D eigenvalue weighted by Crippen LogP contribution is -2.53. The van der Waals surface area contributed by atoms with Crippen molar-refractivity contribution in [1.82, 2.24) is 41.8 Å². The van der Waals surface area contributed by atoms with Gasteiger partial charge in [-0.15, -0.1) is 0 Å². The van der Waals surface area contributed by atoms with Gasteiger partial charge in [0.2, 0.25) is 23.6 Å². The van der Waals surface area contributed by atoms with Crippen LogP contribution in [0.1, 0.15) is 116 Å². The molecule has 0 aliphatic heterocycles. The summed E-state index contributed by atoms with van der Waals surface area (Å²) in [4.78, 5) is 192. The molecule has 558 valence electrons. The third-order valence-electron chi connectivity index (χ3n) is 16.6. The summed E-state index contributed by atoms with van der Waals surface area (Å²) < 4.78 is 25.6. The molecule has 6 rings (SSSR count). The predicted molar refractivity (Wildman–Crippen MR) is 378 cm³/mol. The molecule has 13 N–H and O–H groups in total.